The Labute approximate surface area is 78.1 Å². The summed E-state index contributed by atoms with van der Waals surface area (Å²) >= 11 is 3.46. The molecule has 12 heavy (non-hydrogen) atoms. The lowest BCUT2D eigenvalue weighted by atomic mass is 10.2. The normalized spacial score (nSPS) is 10.8. The number of nitrogens with zero attached hydrogens (tertiary/aromatic N) is 1. The van der Waals surface area contributed by atoms with Crippen LogP contribution in [-0.4, -0.2) is 9.97 Å². The van der Waals surface area contributed by atoms with Gasteiger partial charge in [0.1, 0.15) is 5.52 Å². The molecule has 0 aliphatic carbocycles. The summed E-state index contributed by atoms with van der Waals surface area (Å²) in [6.45, 7) is 2.02. The molecule has 0 aliphatic rings. The summed E-state index contributed by atoms with van der Waals surface area (Å²) in [5.41, 5.74) is 8.54. The van der Waals surface area contributed by atoms with Crippen molar-refractivity contribution in [2.24, 2.45) is 0 Å². The highest BCUT2D eigenvalue weighted by molar-refractivity contribution is 9.10. The molecule has 2 aromatic rings. The van der Waals surface area contributed by atoms with Crippen LogP contribution in [0.4, 0.5) is 5.95 Å². The number of halogens is 1. The van der Waals surface area contributed by atoms with Gasteiger partial charge >= 0.3 is 0 Å². The summed E-state index contributed by atoms with van der Waals surface area (Å²) in [6, 6.07) is 3.99. The minimum atomic E-state index is 0.455. The largest absolute Gasteiger partial charge is 0.369 e. The Morgan fingerprint density at radius 2 is 2.25 bits per heavy atom. The van der Waals surface area contributed by atoms with Crippen LogP contribution < -0.4 is 5.73 Å². The summed E-state index contributed by atoms with van der Waals surface area (Å²) in [6.07, 6.45) is 0. The van der Waals surface area contributed by atoms with Crippen LogP contribution in [0.1, 0.15) is 5.56 Å². The standard InChI is InChI=1S/C8H8BrN3/c1-4-2-3-5-7(6(4)9)12-8(10)11-5/h2-3H,1H3,(H3,10,11,12). The Morgan fingerprint density at radius 3 is 3.00 bits per heavy atom. The second-order valence-corrected chi connectivity index (χ2v) is 3.51. The number of nitrogen functional groups attached to an aromatic ring is 1. The van der Waals surface area contributed by atoms with Crippen molar-refractivity contribution in [3.8, 4) is 0 Å². The molecule has 0 saturated carbocycles. The fourth-order valence-corrected chi connectivity index (χ4v) is 1.60. The van der Waals surface area contributed by atoms with E-state index in [1.54, 1.807) is 0 Å². The predicted molar refractivity (Wildman–Crippen MR) is 52.9 cm³/mol. The van der Waals surface area contributed by atoms with Gasteiger partial charge in [-0.25, -0.2) is 4.98 Å². The number of aromatic amines is 1. The number of fused-ring (bicyclic) bond motifs is 1. The Balaban J connectivity index is 2.89. The zero-order valence-corrected chi connectivity index (χ0v) is 8.14. The molecule has 1 aromatic carbocycles. The first kappa shape index (κ1) is 7.61. The molecule has 0 aliphatic heterocycles. The quantitative estimate of drug-likeness (QED) is 0.723. The highest BCUT2D eigenvalue weighted by Crippen LogP contribution is 2.25. The lowest BCUT2D eigenvalue weighted by Gasteiger charge is -1.96. The van der Waals surface area contributed by atoms with Gasteiger partial charge in [0.2, 0.25) is 0 Å². The molecular formula is C8H8BrN3. The molecule has 62 valence electrons. The van der Waals surface area contributed by atoms with Gasteiger partial charge in [-0.2, -0.15) is 0 Å². The average molecular weight is 226 g/mol. The van der Waals surface area contributed by atoms with Crippen molar-refractivity contribution in [2.75, 3.05) is 5.73 Å². The van der Waals surface area contributed by atoms with Gasteiger partial charge in [0.25, 0.3) is 0 Å². The molecule has 1 heterocycles. The molecule has 0 saturated heterocycles. The van der Waals surface area contributed by atoms with Crippen LogP contribution in [0.25, 0.3) is 11.0 Å². The summed E-state index contributed by atoms with van der Waals surface area (Å²) in [4.78, 5) is 7.11. The van der Waals surface area contributed by atoms with Crippen molar-refractivity contribution in [1.29, 1.82) is 0 Å². The van der Waals surface area contributed by atoms with Crippen molar-refractivity contribution >= 4 is 32.9 Å². The van der Waals surface area contributed by atoms with E-state index in [2.05, 4.69) is 25.9 Å². The SMILES string of the molecule is Cc1ccc2[nH]c(N)nc2c1Br. The minimum absolute atomic E-state index is 0.455. The van der Waals surface area contributed by atoms with E-state index in [-0.39, 0.29) is 0 Å². The molecule has 0 amide bonds. The number of aryl methyl sites for hydroxylation is 1. The first-order valence-corrected chi connectivity index (χ1v) is 4.38. The molecule has 3 nitrogen and oxygen atoms in total. The smallest absolute Gasteiger partial charge is 0.198 e. The van der Waals surface area contributed by atoms with E-state index < -0.39 is 0 Å². The van der Waals surface area contributed by atoms with E-state index in [0.29, 0.717) is 5.95 Å². The third-order valence-electron chi connectivity index (χ3n) is 1.80. The molecule has 3 N–H and O–H groups in total. The zero-order chi connectivity index (χ0) is 8.72. The Hall–Kier alpha value is -1.03. The molecule has 1 aromatic heterocycles. The van der Waals surface area contributed by atoms with E-state index in [1.807, 2.05) is 19.1 Å². The number of hydrogen-bond donors (Lipinski definition) is 2. The minimum Gasteiger partial charge on any atom is -0.369 e. The lowest BCUT2D eigenvalue weighted by molar-refractivity contribution is 1.35. The lowest BCUT2D eigenvalue weighted by Crippen LogP contribution is -1.84. The van der Waals surface area contributed by atoms with Gasteiger partial charge in [-0.3, -0.25) is 0 Å². The van der Waals surface area contributed by atoms with Gasteiger partial charge in [0.15, 0.2) is 5.95 Å². The van der Waals surface area contributed by atoms with E-state index in [0.717, 1.165) is 21.1 Å². The maximum atomic E-state index is 5.52. The monoisotopic (exact) mass is 225 g/mol. The second-order valence-electron chi connectivity index (χ2n) is 2.71. The van der Waals surface area contributed by atoms with Crippen LogP contribution in [0.2, 0.25) is 0 Å². The maximum Gasteiger partial charge on any atom is 0.198 e. The highest BCUT2D eigenvalue weighted by Gasteiger charge is 2.05. The fourth-order valence-electron chi connectivity index (χ4n) is 1.16. The van der Waals surface area contributed by atoms with Crippen molar-refractivity contribution in [2.45, 2.75) is 6.92 Å². The van der Waals surface area contributed by atoms with Crippen molar-refractivity contribution in [1.82, 2.24) is 9.97 Å². The topological polar surface area (TPSA) is 54.7 Å². The molecule has 2 rings (SSSR count). The van der Waals surface area contributed by atoms with Crippen LogP contribution in [0, 0.1) is 6.92 Å². The van der Waals surface area contributed by atoms with Gasteiger partial charge in [0, 0.05) is 4.47 Å². The molecule has 0 unspecified atom stereocenters. The van der Waals surface area contributed by atoms with Crippen molar-refractivity contribution < 1.29 is 0 Å². The molecule has 0 spiro atoms. The van der Waals surface area contributed by atoms with E-state index >= 15 is 0 Å². The van der Waals surface area contributed by atoms with Gasteiger partial charge < -0.3 is 10.7 Å². The number of hydrogen-bond acceptors (Lipinski definition) is 2. The summed E-state index contributed by atoms with van der Waals surface area (Å²) in [7, 11) is 0. The number of H-pyrrole nitrogens is 1. The van der Waals surface area contributed by atoms with Crippen LogP contribution in [0.3, 0.4) is 0 Å². The summed E-state index contributed by atoms with van der Waals surface area (Å²) < 4.78 is 1.01. The number of benzene rings is 1. The van der Waals surface area contributed by atoms with Crippen LogP contribution >= 0.6 is 15.9 Å². The summed E-state index contributed by atoms with van der Waals surface area (Å²) in [5, 5.41) is 0. The van der Waals surface area contributed by atoms with Crippen molar-refractivity contribution in [3.63, 3.8) is 0 Å². The molecule has 0 fully saturated rings. The predicted octanol–water partition coefficient (Wildman–Crippen LogP) is 2.22. The van der Waals surface area contributed by atoms with Crippen LogP contribution in [0.5, 0.6) is 0 Å². The molecular weight excluding hydrogens is 218 g/mol. The molecule has 0 atom stereocenters. The Kier molecular flexibility index (Phi) is 1.58. The number of anilines is 1. The Morgan fingerprint density at radius 1 is 1.50 bits per heavy atom. The third-order valence-corrected chi connectivity index (χ3v) is 2.81. The molecule has 0 bridgehead atoms. The van der Waals surface area contributed by atoms with Gasteiger partial charge in [-0.15, -0.1) is 0 Å². The number of rotatable bonds is 0. The fraction of sp³-hybridized carbons (Fsp3) is 0.125. The van der Waals surface area contributed by atoms with Crippen LogP contribution in [-0.2, 0) is 0 Å². The Bertz CT molecular complexity index is 433. The van der Waals surface area contributed by atoms with E-state index in [4.69, 9.17) is 5.73 Å². The maximum absolute atomic E-state index is 5.52. The van der Waals surface area contributed by atoms with Gasteiger partial charge in [0.05, 0.1) is 5.52 Å². The molecule has 0 radical (unpaired) electrons. The first-order chi connectivity index (χ1) is 5.68. The van der Waals surface area contributed by atoms with E-state index in [1.165, 1.54) is 0 Å². The van der Waals surface area contributed by atoms with Crippen LogP contribution in [0.15, 0.2) is 16.6 Å². The number of nitrogens with two attached hydrogens (primary N) is 1. The number of imidazole rings is 1. The zero-order valence-electron chi connectivity index (χ0n) is 6.56. The number of aromatic nitrogens is 2. The highest BCUT2D eigenvalue weighted by atomic mass is 79.9. The summed E-state index contributed by atoms with van der Waals surface area (Å²) in [5.74, 6) is 0.455. The number of nitrogens with one attached hydrogen (secondary N) is 1. The third kappa shape index (κ3) is 0.992. The van der Waals surface area contributed by atoms with Gasteiger partial charge in [-0.1, -0.05) is 6.07 Å². The first-order valence-electron chi connectivity index (χ1n) is 3.59. The van der Waals surface area contributed by atoms with Gasteiger partial charge in [-0.05, 0) is 34.5 Å². The average Bonchev–Trinajstić information content (AvgIpc) is 2.39. The van der Waals surface area contributed by atoms with E-state index in [9.17, 15) is 0 Å². The second kappa shape index (κ2) is 2.48. The van der Waals surface area contributed by atoms with Crippen molar-refractivity contribution in [3.05, 3.63) is 22.2 Å². The molecule has 4 heteroatoms.